The number of hydrogen-bond donors (Lipinski definition) is 1. The first-order valence-corrected chi connectivity index (χ1v) is 13.5. The minimum atomic E-state index is -4.09. The first-order valence-electron chi connectivity index (χ1n) is 12.0. The number of benzene rings is 1. The fraction of sp³-hybridized carbons (Fsp3) is 0.760. The van der Waals surface area contributed by atoms with Gasteiger partial charge in [0.05, 0.1) is 4.90 Å². The van der Waals surface area contributed by atoms with Gasteiger partial charge in [0.15, 0.2) is 0 Å². The van der Waals surface area contributed by atoms with Gasteiger partial charge in [-0.3, -0.25) is 4.55 Å². The molecule has 3 nitrogen and oxygen atoms in total. The molecule has 0 aliphatic carbocycles. The second-order valence-corrected chi connectivity index (χ2v) is 9.47. The van der Waals surface area contributed by atoms with Gasteiger partial charge in [-0.05, 0) is 24.5 Å². The zero-order chi connectivity index (χ0) is 21.8. The summed E-state index contributed by atoms with van der Waals surface area (Å²) in [5.41, 5.74) is 0.723. The van der Waals surface area contributed by atoms with Crippen LogP contribution in [0.1, 0.15) is 123 Å². The van der Waals surface area contributed by atoms with Crippen molar-refractivity contribution in [2.45, 2.75) is 128 Å². The fourth-order valence-electron chi connectivity index (χ4n) is 3.44. The van der Waals surface area contributed by atoms with Crippen LogP contribution in [0.5, 0.6) is 0 Å². The van der Waals surface area contributed by atoms with E-state index >= 15 is 0 Å². The minimum Gasteiger partial charge on any atom is -0.282 e. The van der Waals surface area contributed by atoms with Gasteiger partial charge in [0.1, 0.15) is 0 Å². The van der Waals surface area contributed by atoms with E-state index in [1.165, 1.54) is 89.5 Å². The second kappa shape index (κ2) is 19.1. The van der Waals surface area contributed by atoms with Crippen LogP contribution in [0.4, 0.5) is 0 Å². The van der Waals surface area contributed by atoms with Crippen LogP contribution in [-0.4, -0.2) is 13.0 Å². The maximum absolute atomic E-state index is 11.2. The molecule has 29 heavy (non-hydrogen) atoms. The maximum atomic E-state index is 11.2. The van der Waals surface area contributed by atoms with E-state index in [0.717, 1.165) is 18.4 Å². The van der Waals surface area contributed by atoms with E-state index in [1.807, 2.05) is 6.07 Å². The molecule has 0 aliphatic rings. The van der Waals surface area contributed by atoms with Crippen LogP contribution >= 0.6 is 0 Å². The summed E-state index contributed by atoms with van der Waals surface area (Å²) >= 11 is 0. The third kappa shape index (κ3) is 16.6. The molecule has 0 spiro atoms. The van der Waals surface area contributed by atoms with Crippen molar-refractivity contribution in [2.24, 2.45) is 0 Å². The van der Waals surface area contributed by atoms with E-state index in [1.54, 1.807) is 12.1 Å². The van der Waals surface area contributed by atoms with Crippen LogP contribution in [0.3, 0.4) is 0 Å². The number of hydrogen-bond acceptors (Lipinski definition) is 2. The van der Waals surface area contributed by atoms with Gasteiger partial charge in [0.2, 0.25) is 0 Å². The molecule has 1 aromatic carbocycles. The van der Waals surface area contributed by atoms with Crippen LogP contribution in [0.25, 0.3) is 0 Å². The Bertz CT molecular complexity index is 575. The topological polar surface area (TPSA) is 54.4 Å². The molecule has 0 amide bonds. The first kappa shape index (κ1) is 28.1. The zero-order valence-electron chi connectivity index (χ0n) is 19.3. The predicted octanol–water partition coefficient (Wildman–Crippen LogP) is 8.37. The van der Waals surface area contributed by atoms with E-state index < -0.39 is 10.1 Å². The highest BCUT2D eigenvalue weighted by atomic mass is 32.2. The minimum absolute atomic E-state index is 0.0583. The molecule has 0 aliphatic heterocycles. The lowest BCUT2D eigenvalue weighted by Gasteiger charge is -2.06. The zero-order valence-corrected chi connectivity index (χ0v) is 20.1. The van der Waals surface area contributed by atoms with Crippen molar-refractivity contribution < 1.29 is 13.0 Å². The Balaban J connectivity index is 0.000000734. The van der Waals surface area contributed by atoms with Gasteiger partial charge < -0.3 is 0 Å². The molecule has 170 valence electrons. The molecule has 0 heterocycles. The molecule has 0 aromatic heterocycles. The third-order valence-corrected chi connectivity index (χ3v) is 6.21. The summed E-state index contributed by atoms with van der Waals surface area (Å²) in [6.07, 6.45) is 20.5. The normalized spacial score (nSPS) is 11.2. The highest BCUT2D eigenvalue weighted by molar-refractivity contribution is 7.85. The van der Waals surface area contributed by atoms with Gasteiger partial charge in [-0.25, -0.2) is 0 Å². The van der Waals surface area contributed by atoms with Crippen LogP contribution in [0, 0.1) is 0 Å². The lowest BCUT2D eigenvalue weighted by atomic mass is 10.0. The Morgan fingerprint density at radius 3 is 1.41 bits per heavy atom. The summed E-state index contributed by atoms with van der Waals surface area (Å²) in [5.74, 6) is 0. The Labute approximate surface area is 181 Å². The summed E-state index contributed by atoms with van der Waals surface area (Å²) in [7, 11) is -4.09. The van der Waals surface area contributed by atoms with E-state index in [2.05, 4.69) is 20.8 Å². The van der Waals surface area contributed by atoms with Gasteiger partial charge in [-0.2, -0.15) is 8.42 Å². The largest absolute Gasteiger partial charge is 0.294 e. The van der Waals surface area contributed by atoms with Gasteiger partial charge in [-0.15, -0.1) is 0 Å². The van der Waals surface area contributed by atoms with Crippen LogP contribution in [0.2, 0.25) is 0 Å². The number of rotatable bonds is 16. The molecule has 1 aromatic rings. The molecule has 1 rings (SSSR count). The molecule has 0 saturated carbocycles. The highest BCUT2D eigenvalue weighted by Crippen LogP contribution is 2.18. The number of aryl methyl sites for hydroxylation is 1. The SMILES string of the molecule is CCCCCCCCC.CCCCCCCCCCc1ccccc1S(=O)(=O)O. The van der Waals surface area contributed by atoms with Crippen LogP contribution in [0.15, 0.2) is 29.2 Å². The maximum Gasteiger partial charge on any atom is 0.294 e. The number of unbranched alkanes of at least 4 members (excludes halogenated alkanes) is 13. The van der Waals surface area contributed by atoms with Gasteiger partial charge in [0.25, 0.3) is 10.1 Å². The highest BCUT2D eigenvalue weighted by Gasteiger charge is 2.13. The first-order chi connectivity index (χ1) is 14.0. The fourth-order valence-corrected chi connectivity index (χ4v) is 4.19. The Hall–Kier alpha value is -0.870. The molecule has 0 fully saturated rings. The van der Waals surface area contributed by atoms with Crippen molar-refractivity contribution in [3.63, 3.8) is 0 Å². The molecule has 0 saturated heterocycles. The molecule has 0 bridgehead atoms. The molecule has 0 unspecified atom stereocenters. The summed E-state index contributed by atoms with van der Waals surface area (Å²) in [6, 6.07) is 6.70. The Morgan fingerprint density at radius 1 is 0.621 bits per heavy atom. The second-order valence-electron chi connectivity index (χ2n) is 8.08. The molecular weight excluding hydrogens is 380 g/mol. The van der Waals surface area contributed by atoms with Crippen molar-refractivity contribution in [3.8, 4) is 0 Å². The molecule has 4 heteroatoms. The van der Waals surface area contributed by atoms with Crippen LogP contribution in [-0.2, 0) is 16.5 Å². The van der Waals surface area contributed by atoms with E-state index in [-0.39, 0.29) is 4.90 Å². The average Bonchev–Trinajstić information content (AvgIpc) is 2.70. The molecule has 0 atom stereocenters. The predicted molar refractivity (Wildman–Crippen MR) is 126 cm³/mol. The Kier molecular flexibility index (Phi) is 18.5. The van der Waals surface area contributed by atoms with Crippen molar-refractivity contribution in [1.82, 2.24) is 0 Å². The average molecular weight is 427 g/mol. The summed E-state index contributed by atoms with van der Waals surface area (Å²) in [4.78, 5) is 0.0583. The Morgan fingerprint density at radius 2 is 1.00 bits per heavy atom. The van der Waals surface area contributed by atoms with E-state index in [0.29, 0.717) is 6.42 Å². The summed E-state index contributed by atoms with van der Waals surface area (Å²) in [5, 5.41) is 0. The van der Waals surface area contributed by atoms with Gasteiger partial charge in [0, 0.05) is 0 Å². The monoisotopic (exact) mass is 426 g/mol. The van der Waals surface area contributed by atoms with Gasteiger partial charge >= 0.3 is 0 Å². The van der Waals surface area contributed by atoms with Crippen LogP contribution < -0.4 is 0 Å². The molecular formula is C25H46O3S. The van der Waals surface area contributed by atoms with Crippen molar-refractivity contribution in [1.29, 1.82) is 0 Å². The lowest BCUT2D eigenvalue weighted by molar-refractivity contribution is 0.481. The summed E-state index contributed by atoms with van der Waals surface area (Å²) < 4.78 is 31.7. The quantitative estimate of drug-likeness (QED) is 0.213. The molecule has 1 N–H and O–H groups in total. The molecule has 0 radical (unpaired) electrons. The van der Waals surface area contributed by atoms with Gasteiger partial charge in [-0.1, -0.05) is 129 Å². The third-order valence-electron chi connectivity index (χ3n) is 5.26. The lowest BCUT2D eigenvalue weighted by Crippen LogP contribution is -2.03. The van der Waals surface area contributed by atoms with Crippen molar-refractivity contribution in [2.75, 3.05) is 0 Å². The van der Waals surface area contributed by atoms with Crippen molar-refractivity contribution >= 4 is 10.1 Å². The smallest absolute Gasteiger partial charge is 0.282 e. The van der Waals surface area contributed by atoms with E-state index in [4.69, 9.17) is 4.55 Å². The van der Waals surface area contributed by atoms with E-state index in [9.17, 15) is 8.42 Å². The van der Waals surface area contributed by atoms with Crippen molar-refractivity contribution in [3.05, 3.63) is 29.8 Å². The standard InChI is InChI=1S/C16H26O3S.C9H20/c1-2-3-4-5-6-7-8-9-12-15-13-10-11-14-16(15)20(17,18)19;1-3-5-7-9-8-6-4-2/h10-11,13-14H,2-9,12H2,1H3,(H,17,18,19);3-9H2,1-2H3. The summed E-state index contributed by atoms with van der Waals surface area (Å²) in [6.45, 7) is 6.74.